The molecule has 0 heterocycles. The Bertz CT molecular complexity index is 1390. The molecule has 0 aliphatic rings. The number of rotatable bonds is 8. The van der Waals surface area contributed by atoms with Gasteiger partial charge >= 0.3 is 0 Å². The third kappa shape index (κ3) is 7.31. The molecule has 0 amide bonds. The predicted octanol–water partition coefficient (Wildman–Crippen LogP) is 11.3. The van der Waals surface area contributed by atoms with Crippen LogP contribution in [-0.4, -0.2) is 0 Å². The lowest BCUT2D eigenvalue weighted by molar-refractivity contribution is 1.21. The fraction of sp³-hybridized carbons (Fsp3) is 0.105. The van der Waals surface area contributed by atoms with Crippen molar-refractivity contribution in [2.75, 3.05) is 0 Å². The van der Waals surface area contributed by atoms with Crippen molar-refractivity contribution in [3.05, 3.63) is 163 Å². The standard InChI is InChI=1S/C36H34.C2H4/c1-5-10-34(11-6-2)36(35-12-8-7-9-13-35)26-28-14-16-30(17-15-28)32-22-24-33(25-23-32)31-20-18-29(19-21-31)27(3)4;1-2/h5,7-26H,3,6H2,1-2,4H3;1-2H2/b10-5-,34-11+,36-26?;. The van der Waals surface area contributed by atoms with E-state index in [9.17, 15) is 0 Å². The molecule has 0 nitrogen and oxygen atoms in total. The molecule has 0 aliphatic carbocycles. The molecule has 0 bridgehead atoms. The summed E-state index contributed by atoms with van der Waals surface area (Å²) in [4.78, 5) is 0. The summed E-state index contributed by atoms with van der Waals surface area (Å²) in [6.07, 6.45) is 9.89. The van der Waals surface area contributed by atoms with Gasteiger partial charge in [-0.05, 0) is 76.4 Å². The van der Waals surface area contributed by atoms with Crippen LogP contribution in [0.2, 0.25) is 0 Å². The van der Waals surface area contributed by atoms with Gasteiger partial charge in [-0.25, -0.2) is 0 Å². The van der Waals surface area contributed by atoms with Crippen molar-refractivity contribution in [1.82, 2.24) is 0 Å². The van der Waals surface area contributed by atoms with Crippen LogP contribution < -0.4 is 0 Å². The van der Waals surface area contributed by atoms with Crippen molar-refractivity contribution < 1.29 is 0 Å². The molecule has 0 heteroatoms. The van der Waals surface area contributed by atoms with Crippen LogP contribution in [0, 0.1) is 0 Å². The molecule has 0 aromatic heterocycles. The van der Waals surface area contributed by atoms with E-state index in [0.29, 0.717) is 0 Å². The molecule has 0 saturated carbocycles. The van der Waals surface area contributed by atoms with Crippen LogP contribution in [0.1, 0.15) is 43.9 Å². The zero-order chi connectivity index (χ0) is 27.3. The summed E-state index contributed by atoms with van der Waals surface area (Å²) in [7, 11) is 0. The lowest BCUT2D eigenvalue weighted by atomic mass is 9.93. The fourth-order valence-electron chi connectivity index (χ4n) is 4.36. The second kappa shape index (κ2) is 14.4. The third-order valence-corrected chi connectivity index (χ3v) is 6.32. The molecule has 0 unspecified atom stereocenters. The lowest BCUT2D eigenvalue weighted by Crippen LogP contribution is -1.89. The molecule has 0 radical (unpaired) electrons. The summed E-state index contributed by atoms with van der Waals surface area (Å²) < 4.78 is 0. The third-order valence-electron chi connectivity index (χ3n) is 6.32. The fourth-order valence-corrected chi connectivity index (χ4v) is 4.36. The van der Waals surface area contributed by atoms with E-state index < -0.39 is 0 Å². The molecule has 0 spiro atoms. The van der Waals surface area contributed by atoms with Gasteiger partial charge in [-0.3, -0.25) is 0 Å². The molecule has 4 aromatic rings. The smallest absolute Gasteiger partial charge is 0.0109 e. The van der Waals surface area contributed by atoms with Crippen molar-refractivity contribution >= 4 is 17.2 Å². The van der Waals surface area contributed by atoms with E-state index in [1.165, 1.54) is 50.1 Å². The molecule has 0 N–H and O–H groups in total. The summed E-state index contributed by atoms with van der Waals surface area (Å²) in [5, 5.41) is 0. The van der Waals surface area contributed by atoms with Crippen molar-refractivity contribution in [1.29, 1.82) is 0 Å². The molecule has 4 aromatic carbocycles. The van der Waals surface area contributed by atoms with Crippen LogP contribution in [0.25, 0.3) is 39.5 Å². The molecule has 38 heavy (non-hydrogen) atoms. The van der Waals surface area contributed by atoms with Crippen LogP contribution >= 0.6 is 0 Å². The number of benzene rings is 4. The van der Waals surface area contributed by atoms with E-state index in [1.807, 2.05) is 6.92 Å². The maximum absolute atomic E-state index is 4.03. The molecule has 190 valence electrons. The van der Waals surface area contributed by atoms with Gasteiger partial charge in [0.05, 0.1) is 0 Å². The van der Waals surface area contributed by atoms with Gasteiger partial charge in [-0.1, -0.05) is 140 Å². The Morgan fingerprint density at radius 3 is 1.58 bits per heavy atom. The average Bonchev–Trinajstić information content (AvgIpc) is 2.98. The van der Waals surface area contributed by atoms with Crippen LogP contribution in [-0.2, 0) is 0 Å². The Kier molecular flexibility index (Phi) is 10.6. The summed E-state index contributed by atoms with van der Waals surface area (Å²) >= 11 is 0. The van der Waals surface area contributed by atoms with Crippen LogP contribution in [0.4, 0.5) is 0 Å². The SMILES string of the molecule is C=C.C=C(C)c1ccc(-c2ccc(-c3ccc(C=C(C(/C=C\C)=C/CC)c4ccccc4)cc3)cc2)cc1. The maximum Gasteiger partial charge on any atom is -0.0109 e. The van der Waals surface area contributed by atoms with Gasteiger partial charge < -0.3 is 0 Å². The Labute approximate surface area is 229 Å². The van der Waals surface area contributed by atoms with Gasteiger partial charge in [0.2, 0.25) is 0 Å². The summed E-state index contributed by atoms with van der Waals surface area (Å²) in [6.45, 7) is 16.3. The minimum Gasteiger partial charge on any atom is -0.106 e. The highest BCUT2D eigenvalue weighted by molar-refractivity contribution is 5.93. The Morgan fingerprint density at radius 2 is 1.13 bits per heavy atom. The van der Waals surface area contributed by atoms with Gasteiger partial charge in [-0.15, -0.1) is 13.2 Å². The molecule has 0 fully saturated rings. The minimum atomic E-state index is 0.997. The lowest BCUT2D eigenvalue weighted by Gasteiger charge is -2.11. The van der Waals surface area contributed by atoms with Gasteiger partial charge in [0, 0.05) is 0 Å². The van der Waals surface area contributed by atoms with E-state index in [-0.39, 0.29) is 0 Å². The minimum absolute atomic E-state index is 0.997. The molecule has 0 atom stereocenters. The van der Waals surface area contributed by atoms with E-state index >= 15 is 0 Å². The van der Waals surface area contributed by atoms with Crippen molar-refractivity contribution in [3.8, 4) is 22.3 Å². The molecule has 0 aliphatic heterocycles. The molecule has 4 rings (SSSR count). The summed E-state index contributed by atoms with van der Waals surface area (Å²) in [6, 6.07) is 36.9. The Balaban J connectivity index is 0.00000195. The Morgan fingerprint density at radius 1 is 0.658 bits per heavy atom. The van der Waals surface area contributed by atoms with Crippen LogP contribution in [0.15, 0.2) is 147 Å². The molecular weight excluding hydrogens is 456 g/mol. The number of allylic oxidation sites excluding steroid dienone is 6. The highest BCUT2D eigenvalue weighted by atomic mass is 14.1. The molecule has 0 saturated heterocycles. The maximum atomic E-state index is 4.03. The van der Waals surface area contributed by atoms with E-state index in [4.69, 9.17) is 0 Å². The molecular formula is C38H38. The number of hydrogen-bond donors (Lipinski definition) is 0. The summed E-state index contributed by atoms with van der Waals surface area (Å²) in [5.74, 6) is 0. The van der Waals surface area contributed by atoms with Crippen LogP contribution in [0.5, 0.6) is 0 Å². The largest absolute Gasteiger partial charge is 0.106 e. The first-order valence-electron chi connectivity index (χ1n) is 13.2. The van der Waals surface area contributed by atoms with E-state index in [0.717, 1.165) is 12.0 Å². The van der Waals surface area contributed by atoms with Gasteiger partial charge in [0.1, 0.15) is 0 Å². The quantitative estimate of drug-likeness (QED) is 0.130. The Hall–Kier alpha value is -4.42. The first-order valence-corrected chi connectivity index (χ1v) is 13.2. The second-order valence-corrected chi connectivity index (χ2v) is 9.05. The predicted molar refractivity (Wildman–Crippen MR) is 171 cm³/mol. The van der Waals surface area contributed by atoms with Gasteiger partial charge in [0.15, 0.2) is 0 Å². The highest BCUT2D eigenvalue weighted by Gasteiger charge is 2.07. The van der Waals surface area contributed by atoms with Gasteiger partial charge in [-0.2, -0.15) is 0 Å². The zero-order valence-electron chi connectivity index (χ0n) is 23.0. The van der Waals surface area contributed by atoms with Crippen molar-refractivity contribution in [2.24, 2.45) is 0 Å². The van der Waals surface area contributed by atoms with E-state index in [1.54, 1.807) is 0 Å². The zero-order valence-corrected chi connectivity index (χ0v) is 23.0. The summed E-state index contributed by atoms with van der Waals surface area (Å²) in [5.41, 5.74) is 12.1. The highest BCUT2D eigenvalue weighted by Crippen LogP contribution is 2.30. The van der Waals surface area contributed by atoms with Crippen LogP contribution in [0.3, 0.4) is 0 Å². The van der Waals surface area contributed by atoms with Crippen molar-refractivity contribution in [2.45, 2.75) is 27.2 Å². The average molecular weight is 495 g/mol. The van der Waals surface area contributed by atoms with Gasteiger partial charge in [0.25, 0.3) is 0 Å². The first kappa shape index (κ1) is 28.2. The number of hydrogen-bond acceptors (Lipinski definition) is 0. The monoisotopic (exact) mass is 494 g/mol. The van der Waals surface area contributed by atoms with Crippen molar-refractivity contribution in [3.63, 3.8) is 0 Å². The van der Waals surface area contributed by atoms with E-state index in [2.05, 4.69) is 161 Å². The second-order valence-electron chi connectivity index (χ2n) is 9.05. The first-order chi connectivity index (χ1) is 18.6. The topological polar surface area (TPSA) is 0 Å². The normalized spacial score (nSPS) is 11.7.